The average Bonchev–Trinajstić information content (AvgIpc) is 3.26. The van der Waals surface area contributed by atoms with Crippen LogP contribution in [0.15, 0.2) is 24.3 Å². The first-order chi connectivity index (χ1) is 30.6. The summed E-state index contributed by atoms with van der Waals surface area (Å²) in [6, 6.07) is 9.55. The normalized spacial score (nSPS) is 42.4. The number of hydrogen-bond acceptors (Lipinski definition) is 16. The lowest BCUT2D eigenvalue weighted by Gasteiger charge is -2.54. The quantitative estimate of drug-likeness (QED) is 0.147. The minimum Gasteiger partial charge on any atom is -0.459 e. The van der Waals surface area contributed by atoms with Crippen molar-refractivity contribution in [2.24, 2.45) is 17.8 Å². The van der Waals surface area contributed by atoms with Crippen molar-refractivity contribution in [3.8, 4) is 6.07 Å². The van der Waals surface area contributed by atoms with Crippen molar-refractivity contribution in [1.29, 1.82) is 5.26 Å². The van der Waals surface area contributed by atoms with E-state index in [9.17, 15) is 25.4 Å². The van der Waals surface area contributed by atoms with E-state index < -0.39 is 77.7 Å². The van der Waals surface area contributed by atoms with Gasteiger partial charge in [0.1, 0.15) is 23.4 Å². The first-order valence-electron chi connectivity index (χ1n) is 23.9. The molecular formula is C49H83N5O11. The Morgan fingerprint density at radius 2 is 1.71 bits per heavy atom. The maximum Gasteiger partial charge on any atom is 0.311 e. The summed E-state index contributed by atoms with van der Waals surface area (Å²) in [5, 5.41) is 48.9. The summed E-state index contributed by atoms with van der Waals surface area (Å²) in [6.07, 6.45) is -5.65. The van der Waals surface area contributed by atoms with E-state index in [2.05, 4.69) is 35.0 Å². The first kappa shape index (κ1) is 53.6. The number of aliphatic hydroxyl groups excluding tert-OH is 2. The van der Waals surface area contributed by atoms with Gasteiger partial charge in [0, 0.05) is 77.4 Å². The third-order valence-electron chi connectivity index (χ3n) is 15.7. The summed E-state index contributed by atoms with van der Waals surface area (Å²) in [4.78, 5) is 20.6. The summed E-state index contributed by atoms with van der Waals surface area (Å²) < 4.78 is 45.7. The third-order valence-corrected chi connectivity index (χ3v) is 15.7. The first-order valence-corrected chi connectivity index (χ1v) is 23.9. The molecule has 1 aromatic rings. The lowest BCUT2D eigenvalue weighted by atomic mass is 9.74. The number of esters is 1. The Kier molecular flexibility index (Phi) is 18.5. The highest BCUT2D eigenvalue weighted by Crippen LogP contribution is 2.44. The monoisotopic (exact) mass is 918 g/mol. The average molecular weight is 918 g/mol. The second-order valence-electron chi connectivity index (χ2n) is 20.3. The molecular weight excluding hydrogens is 835 g/mol. The van der Waals surface area contributed by atoms with Crippen LogP contribution < -0.4 is 5.32 Å². The fourth-order valence-electron chi connectivity index (χ4n) is 10.9. The molecule has 6 rings (SSSR count). The van der Waals surface area contributed by atoms with Gasteiger partial charge in [-0.3, -0.25) is 14.6 Å². The molecule has 1 aromatic carbocycles. The molecule has 0 radical (unpaired) electrons. The fourth-order valence-corrected chi connectivity index (χ4v) is 10.9. The molecule has 1 unspecified atom stereocenters. The van der Waals surface area contributed by atoms with Gasteiger partial charge in [-0.05, 0) is 106 Å². The number of rotatable bonds is 15. The highest BCUT2D eigenvalue weighted by atomic mass is 16.7. The molecule has 0 saturated carbocycles. The molecule has 65 heavy (non-hydrogen) atoms. The number of nitriles is 1. The molecule has 5 heterocycles. The van der Waals surface area contributed by atoms with Gasteiger partial charge in [0.15, 0.2) is 12.6 Å². The van der Waals surface area contributed by atoms with Gasteiger partial charge in [-0.15, -0.1) is 0 Å². The molecule has 2 bridgehead atoms. The van der Waals surface area contributed by atoms with Crippen molar-refractivity contribution >= 4 is 5.97 Å². The second-order valence-corrected chi connectivity index (χ2v) is 20.3. The van der Waals surface area contributed by atoms with Crippen molar-refractivity contribution in [2.45, 2.75) is 179 Å². The Morgan fingerprint density at radius 1 is 1.02 bits per heavy atom. The van der Waals surface area contributed by atoms with Crippen LogP contribution in [0.4, 0.5) is 0 Å². The zero-order valence-electron chi connectivity index (χ0n) is 41.7. The van der Waals surface area contributed by atoms with Gasteiger partial charge in [-0.25, -0.2) is 0 Å². The number of benzene rings is 1. The highest BCUT2D eigenvalue weighted by molar-refractivity contribution is 5.73. The van der Waals surface area contributed by atoms with E-state index >= 15 is 0 Å². The lowest BCUT2D eigenvalue weighted by molar-refractivity contribution is -0.337. The van der Waals surface area contributed by atoms with E-state index in [1.165, 1.54) is 0 Å². The Morgan fingerprint density at radius 3 is 2.32 bits per heavy atom. The number of carbonyl (C=O) groups is 1. The van der Waals surface area contributed by atoms with Crippen molar-refractivity contribution in [3.05, 3.63) is 35.4 Å². The predicted molar refractivity (Wildman–Crippen MR) is 246 cm³/mol. The molecule has 0 aliphatic carbocycles. The lowest BCUT2D eigenvalue weighted by Crippen LogP contribution is -2.70. The van der Waals surface area contributed by atoms with Gasteiger partial charge in [-0.2, -0.15) is 5.26 Å². The van der Waals surface area contributed by atoms with Crippen molar-refractivity contribution in [3.63, 3.8) is 0 Å². The molecule has 0 spiro atoms. The van der Waals surface area contributed by atoms with Crippen LogP contribution in [0.5, 0.6) is 0 Å². The zero-order chi connectivity index (χ0) is 48.2. The maximum absolute atomic E-state index is 14.2. The highest BCUT2D eigenvalue weighted by Gasteiger charge is 2.58. The summed E-state index contributed by atoms with van der Waals surface area (Å²) in [7, 11) is 7.03. The van der Waals surface area contributed by atoms with Crippen molar-refractivity contribution in [2.75, 3.05) is 67.6 Å². The molecule has 0 amide bonds. The number of fused-ring (bicyclic) bond motifs is 10. The number of aliphatic hydroxyl groups is 3. The number of nitrogens with one attached hydrogen (secondary N) is 1. The number of methoxy groups -OCH3 is 2. The largest absolute Gasteiger partial charge is 0.459 e. The van der Waals surface area contributed by atoms with E-state index in [0.717, 1.165) is 12.1 Å². The van der Waals surface area contributed by atoms with Crippen molar-refractivity contribution in [1.82, 2.24) is 20.0 Å². The predicted octanol–water partition coefficient (Wildman–Crippen LogP) is 3.69. The van der Waals surface area contributed by atoms with Crippen LogP contribution in [0, 0.1) is 29.1 Å². The van der Waals surface area contributed by atoms with Crippen LogP contribution in [0.2, 0.25) is 0 Å². The van der Waals surface area contributed by atoms with Gasteiger partial charge in [-0.1, -0.05) is 32.9 Å². The van der Waals surface area contributed by atoms with E-state index in [0.29, 0.717) is 44.6 Å². The molecule has 5 aliphatic rings. The Balaban J connectivity index is 1.41. The van der Waals surface area contributed by atoms with Gasteiger partial charge in [0.2, 0.25) is 0 Å². The van der Waals surface area contributed by atoms with E-state index in [1.54, 1.807) is 34.1 Å². The third kappa shape index (κ3) is 11.8. The molecule has 4 N–H and O–H groups in total. The molecule has 370 valence electrons. The van der Waals surface area contributed by atoms with Crippen LogP contribution in [0.25, 0.3) is 0 Å². The van der Waals surface area contributed by atoms with Crippen LogP contribution in [-0.4, -0.2) is 188 Å². The Labute approximate surface area is 389 Å². The van der Waals surface area contributed by atoms with E-state index in [1.807, 2.05) is 78.7 Å². The van der Waals surface area contributed by atoms with Gasteiger partial charge in [0.25, 0.3) is 0 Å². The summed E-state index contributed by atoms with van der Waals surface area (Å²) in [6.45, 7) is 22.8. The SMILES string of the molecule is CCN(CCNC[C@@]1(O)[C@H](C)O[C@@H](O[C@H]2[C@H](C)[C@@H](O[C@H]3O[C@H](C)C[C@H](N(C)C)[C@H]3O)[C@@](C)(OC)C[C@@H](C)[C@H](O)[C@H](C)N3CC(C3)OC(=O)[C@@H]2C)C[C@@]1(C)OC)C(C)c1cccc(C#N)c1. The van der Waals surface area contributed by atoms with Crippen LogP contribution in [0.1, 0.15) is 106 Å². The molecule has 17 atom stereocenters. The number of carbonyl (C=O) groups excluding carboxylic acids is 1. The number of likely N-dealkylation sites (N-methyl/N-ethyl adjacent to an activating group) is 2. The smallest absolute Gasteiger partial charge is 0.311 e. The Hall–Kier alpha value is -2.34. The van der Waals surface area contributed by atoms with Crippen LogP contribution in [-0.2, 0) is 38.0 Å². The van der Waals surface area contributed by atoms with Crippen LogP contribution >= 0.6 is 0 Å². The molecule has 0 aromatic heterocycles. The van der Waals surface area contributed by atoms with E-state index in [4.69, 9.17) is 33.2 Å². The minimum absolute atomic E-state index is 0.0803. The molecule has 16 heteroatoms. The topological polar surface area (TPSA) is 188 Å². The summed E-state index contributed by atoms with van der Waals surface area (Å²) >= 11 is 0. The molecule has 16 nitrogen and oxygen atoms in total. The van der Waals surface area contributed by atoms with E-state index in [-0.39, 0.29) is 49.2 Å². The van der Waals surface area contributed by atoms with Gasteiger partial charge < -0.3 is 58.7 Å². The van der Waals surface area contributed by atoms with Gasteiger partial charge >= 0.3 is 5.97 Å². The number of ether oxygens (including phenoxy) is 7. The van der Waals surface area contributed by atoms with Gasteiger partial charge in [0.05, 0.1) is 53.7 Å². The summed E-state index contributed by atoms with van der Waals surface area (Å²) in [5.74, 6) is -2.11. The zero-order valence-corrected chi connectivity index (χ0v) is 41.7. The number of hydrogen-bond donors (Lipinski definition) is 4. The summed E-state index contributed by atoms with van der Waals surface area (Å²) in [5.41, 5.74) is -2.02. The molecule has 5 fully saturated rings. The molecule has 5 aliphatic heterocycles. The minimum atomic E-state index is -1.48. The standard InChI is InChI=1S/C49H83N5O11/c1-15-53(33(6)37-18-16-17-36(22-37)25-50)20-19-51-28-49(58)35(8)62-40(24-48(49,10)60-14)64-43-31(4)44(65-46-42(56)39(52(11)12)21-30(3)61-46)47(9,59-13)23-29(2)41(55)34(7)54-26-38(27-54)63-45(57)32(43)5/h16-18,22,29-35,38-44,46,51,55-56,58H,15,19-21,23-24,26-28H2,1-14H3/t29-,30-,31+,32-,33?,34+,35+,39+,40+,41+,42-,43+,44-,46-,47+,48-,49-/m1/s1. The van der Waals surface area contributed by atoms with Crippen LogP contribution in [0.3, 0.4) is 0 Å². The maximum atomic E-state index is 14.2. The van der Waals surface area contributed by atoms with Crippen molar-refractivity contribution < 1.29 is 53.3 Å². The Bertz CT molecular complexity index is 1730. The molecule has 5 saturated heterocycles. The fraction of sp³-hybridized carbons (Fsp3) is 0.837. The second kappa shape index (κ2) is 22.4. The number of nitrogens with zero attached hydrogens (tertiary/aromatic N) is 4.